The van der Waals surface area contributed by atoms with Crippen LogP contribution in [0.2, 0.25) is 0 Å². The number of unbranched alkanes of at least 4 members (excludes halogenated alkanes) is 1. The summed E-state index contributed by atoms with van der Waals surface area (Å²) in [4.78, 5) is 26.8. The maximum absolute atomic E-state index is 13.4. The van der Waals surface area contributed by atoms with Gasteiger partial charge in [-0.3, -0.25) is 9.59 Å². The Hall–Kier alpha value is -0.660. The van der Waals surface area contributed by atoms with Crippen molar-refractivity contribution < 1.29 is 9.59 Å². The van der Waals surface area contributed by atoms with Crippen molar-refractivity contribution in [1.29, 1.82) is 0 Å². The van der Waals surface area contributed by atoms with Gasteiger partial charge in [-0.15, -0.1) is 0 Å². The van der Waals surface area contributed by atoms with Crippen molar-refractivity contribution >= 4 is 11.6 Å². The zero-order valence-corrected chi connectivity index (χ0v) is 19.1. The van der Waals surface area contributed by atoms with Gasteiger partial charge in [0.05, 0.1) is 10.8 Å². The van der Waals surface area contributed by atoms with Crippen LogP contribution in [0.1, 0.15) is 123 Å². The zero-order valence-electron chi connectivity index (χ0n) is 19.1. The summed E-state index contributed by atoms with van der Waals surface area (Å²) in [7, 11) is 0. The first kappa shape index (κ1) is 21.6. The van der Waals surface area contributed by atoms with Crippen molar-refractivity contribution in [2.75, 3.05) is 0 Å². The highest BCUT2D eigenvalue weighted by atomic mass is 16.2. The molecule has 0 atom stereocenters. The number of carbonyl (C=O) groups is 2. The smallest absolute Gasteiger partial charge is 0.159 e. The molecule has 4 aliphatic rings. The lowest BCUT2D eigenvalue weighted by atomic mass is 9.42. The highest BCUT2D eigenvalue weighted by Crippen LogP contribution is 2.62. The summed E-state index contributed by atoms with van der Waals surface area (Å²) in [6, 6.07) is 0. The molecule has 29 heavy (non-hydrogen) atoms. The number of ketones is 2. The van der Waals surface area contributed by atoms with E-state index in [1.165, 1.54) is 57.8 Å². The Balaban J connectivity index is 1.29. The van der Waals surface area contributed by atoms with Gasteiger partial charge in [0.1, 0.15) is 0 Å². The minimum absolute atomic E-state index is 0.383. The molecule has 0 heterocycles. The number of hydrogen-bond donors (Lipinski definition) is 0. The van der Waals surface area contributed by atoms with Gasteiger partial charge in [-0.2, -0.15) is 0 Å². The van der Waals surface area contributed by atoms with E-state index in [-0.39, 0.29) is 0 Å². The van der Waals surface area contributed by atoms with Crippen LogP contribution in [0, 0.1) is 34.5 Å². The summed E-state index contributed by atoms with van der Waals surface area (Å²) >= 11 is 0. The Bertz CT molecular complexity index is 562. The summed E-state index contributed by atoms with van der Waals surface area (Å²) in [5.41, 5.74) is -1.07. The fraction of sp³-hybridized carbons (Fsp3) is 0.926. The third-order valence-electron chi connectivity index (χ3n) is 9.80. The molecule has 0 unspecified atom stereocenters. The summed E-state index contributed by atoms with van der Waals surface area (Å²) in [6.07, 6.45) is 20.2. The number of Topliss-reactive ketones (excluding diaryl/α,β-unsaturated/α-hetero) is 2. The first-order valence-electron chi connectivity index (χ1n) is 13.2. The lowest BCUT2D eigenvalue weighted by Gasteiger charge is -2.57. The summed E-state index contributed by atoms with van der Waals surface area (Å²) < 4.78 is 0. The Morgan fingerprint density at radius 3 is 1.62 bits per heavy atom. The second kappa shape index (κ2) is 8.83. The van der Waals surface area contributed by atoms with Crippen LogP contribution >= 0.6 is 0 Å². The summed E-state index contributed by atoms with van der Waals surface area (Å²) in [5, 5.41) is 0. The lowest BCUT2D eigenvalue weighted by Crippen LogP contribution is -2.68. The van der Waals surface area contributed by atoms with E-state index >= 15 is 0 Å². The second-order valence-corrected chi connectivity index (χ2v) is 11.3. The number of hydrogen-bond acceptors (Lipinski definition) is 2. The molecule has 0 radical (unpaired) electrons. The van der Waals surface area contributed by atoms with Crippen LogP contribution in [0.5, 0.6) is 0 Å². The molecule has 164 valence electrons. The first-order chi connectivity index (χ1) is 14.1. The fourth-order valence-corrected chi connectivity index (χ4v) is 7.88. The van der Waals surface area contributed by atoms with Crippen LogP contribution in [0.15, 0.2) is 0 Å². The Kier molecular flexibility index (Phi) is 6.57. The third kappa shape index (κ3) is 3.76. The van der Waals surface area contributed by atoms with Crippen molar-refractivity contribution in [2.24, 2.45) is 34.5 Å². The SMILES string of the molecule is CCCCC1CCC2(CC1)C(=O)C1(CCC(C3CCC(CCC)CC3)CC1)C2=O. The van der Waals surface area contributed by atoms with E-state index in [0.29, 0.717) is 11.6 Å². The molecule has 4 fully saturated rings. The normalized spacial score (nSPS) is 43.0. The van der Waals surface area contributed by atoms with Gasteiger partial charge in [0.2, 0.25) is 0 Å². The predicted molar refractivity (Wildman–Crippen MR) is 119 cm³/mol. The molecule has 0 bridgehead atoms. The second-order valence-electron chi connectivity index (χ2n) is 11.3. The average Bonchev–Trinajstić information content (AvgIpc) is 2.78. The Labute approximate surface area is 179 Å². The van der Waals surface area contributed by atoms with Crippen molar-refractivity contribution in [1.82, 2.24) is 0 Å². The fourth-order valence-electron chi connectivity index (χ4n) is 7.88. The molecular weight excluding hydrogens is 356 g/mol. The molecule has 4 aliphatic carbocycles. The molecule has 2 nitrogen and oxygen atoms in total. The van der Waals surface area contributed by atoms with E-state index < -0.39 is 10.8 Å². The molecule has 0 aliphatic heterocycles. The third-order valence-corrected chi connectivity index (χ3v) is 9.80. The van der Waals surface area contributed by atoms with Crippen molar-refractivity contribution in [2.45, 2.75) is 123 Å². The standard InChI is InChI=1S/C27H44O2/c1-3-5-7-21-12-16-26(17-13-21)24(28)27(25(26)29)18-14-23(15-19-27)22-10-8-20(6-4-2)9-11-22/h20-23H,3-19H2,1-2H3. The van der Waals surface area contributed by atoms with Crippen molar-refractivity contribution in [3.63, 3.8) is 0 Å². The van der Waals surface area contributed by atoms with Gasteiger partial charge in [0.25, 0.3) is 0 Å². The maximum atomic E-state index is 13.4. The largest absolute Gasteiger partial charge is 0.297 e. The van der Waals surface area contributed by atoms with Crippen LogP contribution in [0.4, 0.5) is 0 Å². The van der Waals surface area contributed by atoms with Gasteiger partial charge in [-0.1, -0.05) is 58.8 Å². The minimum atomic E-state index is -0.536. The monoisotopic (exact) mass is 400 g/mol. The van der Waals surface area contributed by atoms with Gasteiger partial charge < -0.3 is 0 Å². The molecule has 0 saturated heterocycles. The predicted octanol–water partition coefficient (Wildman–Crippen LogP) is 7.29. The van der Waals surface area contributed by atoms with Crippen molar-refractivity contribution in [3.05, 3.63) is 0 Å². The maximum Gasteiger partial charge on any atom is 0.159 e. The molecule has 0 aromatic carbocycles. The van der Waals surface area contributed by atoms with E-state index in [2.05, 4.69) is 13.8 Å². The minimum Gasteiger partial charge on any atom is -0.297 e. The van der Waals surface area contributed by atoms with Crippen LogP contribution in [-0.4, -0.2) is 11.6 Å². The van der Waals surface area contributed by atoms with Crippen LogP contribution in [0.25, 0.3) is 0 Å². The zero-order chi connectivity index (χ0) is 20.5. The summed E-state index contributed by atoms with van der Waals surface area (Å²) in [6.45, 7) is 4.56. The molecule has 2 spiro atoms. The molecule has 0 aromatic heterocycles. The van der Waals surface area contributed by atoms with Crippen LogP contribution < -0.4 is 0 Å². The van der Waals surface area contributed by atoms with Gasteiger partial charge in [0, 0.05) is 0 Å². The topological polar surface area (TPSA) is 34.1 Å². The van der Waals surface area contributed by atoms with E-state index in [1.54, 1.807) is 0 Å². The molecule has 0 amide bonds. The van der Waals surface area contributed by atoms with Crippen LogP contribution in [0.3, 0.4) is 0 Å². The van der Waals surface area contributed by atoms with Gasteiger partial charge in [0.15, 0.2) is 11.6 Å². The van der Waals surface area contributed by atoms with E-state index in [4.69, 9.17) is 0 Å². The number of carbonyl (C=O) groups excluding carboxylic acids is 2. The molecule has 4 saturated carbocycles. The average molecular weight is 401 g/mol. The Morgan fingerprint density at radius 2 is 1.10 bits per heavy atom. The highest BCUT2D eigenvalue weighted by molar-refractivity contribution is 6.30. The lowest BCUT2D eigenvalue weighted by molar-refractivity contribution is -0.179. The first-order valence-corrected chi connectivity index (χ1v) is 13.2. The van der Waals surface area contributed by atoms with Gasteiger partial charge in [-0.25, -0.2) is 0 Å². The van der Waals surface area contributed by atoms with Gasteiger partial charge >= 0.3 is 0 Å². The highest BCUT2D eigenvalue weighted by Gasteiger charge is 2.70. The van der Waals surface area contributed by atoms with E-state index in [9.17, 15) is 9.59 Å². The van der Waals surface area contributed by atoms with Crippen LogP contribution in [-0.2, 0) is 9.59 Å². The molecule has 0 N–H and O–H groups in total. The number of rotatable bonds is 6. The molecule has 0 aromatic rings. The molecular formula is C27H44O2. The summed E-state index contributed by atoms with van der Waals surface area (Å²) in [5.74, 6) is 4.14. The molecule has 2 heteroatoms. The molecule has 4 rings (SSSR count). The quantitative estimate of drug-likeness (QED) is 0.439. The van der Waals surface area contributed by atoms with Crippen molar-refractivity contribution in [3.8, 4) is 0 Å². The van der Waals surface area contributed by atoms with E-state index in [1.807, 2.05) is 0 Å². The van der Waals surface area contributed by atoms with Gasteiger partial charge in [-0.05, 0) is 87.9 Å². The van der Waals surface area contributed by atoms with E-state index in [0.717, 1.165) is 75.0 Å². The Morgan fingerprint density at radius 1 is 0.621 bits per heavy atom.